The Balaban J connectivity index is 2.22. The second-order valence-corrected chi connectivity index (χ2v) is 4.08. The molecule has 1 atom stereocenters. The van der Waals surface area contributed by atoms with Gasteiger partial charge in [0.05, 0.1) is 13.2 Å². The van der Waals surface area contributed by atoms with E-state index in [2.05, 4.69) is 10.6 Å². The fourth-order valence-corrected chi connectivity index (χ4v) is 1.68. The van der Waals surface area contributed by atoms with Gasteiger partial charge in [-0.05, 0) is 19.5 Å². The molecule has 104 valence electrons. The third-order valence-electron chi connectivity index (χ3n) is 2.69. The maximum Gasteiger partial charge on any atom is 0.334 e. The number of rotatable bonds is 6. The fourth-order valence-electron chi connectivity index (χ4n) is 1.68. The van der Waals surface area contributed by atoms with E-state index in [-0.39, 0.29) is 19.2 Å². The number of nitrogens with zero attached hydrogens (tertiary/aromatic N) is 1. The number of carbonyl (C=O) groups is 2. The van der Waals surface area contributed by atoms with E-state index in [0.717, 1.165) is 19.5 Å². The van der Waals surface area contributed by atoms with Gasteiger partial charge in [-0.25, -0.2) is 9.59 Å². The van der Waals surface area contributed by atoms with E-state index in [1.807, 2.05) is 6.92 Å². The molecule has 7 nitrogen and oxygen atoms in total. The zero-order valence-corrected chi connectivity index (χ0v) is 10.6. The number of ether oxygens (including phenoxy) is 1. The van der Waals surface area contributed by atoms with E-state index < -0.39 is 12.1 Å². The third-order valence-corrected chi connectivity index (χ3v) is 2.69. The summed E-state index contributed by atoms with van der Waals surface area (Å²) in [4.78, 5) is 24.0. The second-order valence-electron chi connectivity index (χ2n) is 4.08. The molecule has 18 heavy (non-hydrogen) atoms. The molecule has 0 aromatic rings. The van der Waals surface area contributed by atoms with Crippen molar-refractivity contribution in [2.75, 3.05) is 39.3 Å². The first-order valence-corrected chi connectivity index (χ1v) is 6.23. The van der Waals surface area contributed by atoms with Crippen molar-refractivity contribution < 1.29 is 19.4 Å². The van der Waals surface area contributed by atoms with E-state index >= 15 is 0 Å². The molecule has 1 aliphatic heterocycles. The molecule has 1 rings (SSSR count). The summed E-state index contributed by atoms with van der Waals surface area (Å²) in [5, 5.41) is 14.7. The summed E-state index contributed by atoms with van der Waals surface area (Å²) >= 11 is 0. The van der Waals surface area contributed by atoms with Crippen LogP contribution in [-0.2, 0) is 9.53 Å². The summed E-state index contributed by atoms with van der Waals surface area (Å²) in [5.41, 5.74) is 0. The number of amides is 2. The SMILES string of the molecule is CCNCCCNC(=O)N1CCOC(C(=O)O)C1. The zero-order chi connectivity index (χ0) is 13.4. The first kappa shape index (κ1) is 14.7. The van der Waals surface area contributed by atoms with Gasteiger partial charge in [-0.15, -0.1) is 0 Å². The Morgan fingerprint density at radius 2 is 2.22 bits per heavy atom. The molecule has 2 amide bonds. The van der Waals surface area contributed by atoms with Gasteiger partial charge in [-0.3, -0.25) is 0 Å². The summed E-state index contributed by atoms with van der Waals surface area (Å²) in [6, 6.07) is -0.221. The van der Waals surface area contributed by atoms with Gasteiger partial charge in [-0.1, -0.05) is 6.92 Å². The van der Waals surface area contributed by atoms with Crippen LogP contribution in [0.4, 0.5) is 4.79 Å². The molecule has 0 spiro atoms. The minimum atomic E-state index is -1.03. The molecule has 1 heterocycles. The van der Waals surface area contributed by atoms with E-state index in [0.29, 0.717) is 13.1 Å². The highest BCUT2D eigenvalue weighted by Crippen LogP contribution is 2.05. The van der Waals surface area contributed by atoms with Crippen LogP contribution in [0.15, 0.2) is 0 Å². The Morgan fingerprint density at radius 1 is 1.44 bits per heavy atom. The molecule has 0 aliphatic carbocycles. The van der Waals surface area contributed by atoms with Crippen molar-refractivity contribution in [3.8, 4) is 0 Å². The number of aliphatic carboxylic acids is 1. The van der Waals surface area contributed by atoms with Crippen LogP contribution < -0.4 is 10.6 Å². The van der Waals surface area contributed by atoms with Crippen molar-refractivity contribution in [3.63, 3.8) is 0 Å². The summed E-state index contributed by atoms with van der Waals surface area (Å²) in [6.07, 6.45) is -0.0574. The van der Waals surface area contributed by atoms with Crippen LogP contribution >= 0.6 is 0 Å². The molecule has 1 fully saturated rings. The lowest BCUT2D eigenvalue weighted by atomic mass is 10.3. The second kappa shape index (κ2) is 7.88. The number of carboxylic acids is 1. The fraction of sp³-hybridized carbons (Fsp3) is 0.818. The van der Waals surface area contributed by atoms with Gasteiger partial charge >= 0.3 is 12.0 Å². The number of nitrogens with one attached hydrogen (secondary N) is 2. The molecule has 0 aromatic heterocycles. The van der Waals surface area contributed by atoms with E-state index in [1.54, 1.807) is 0 Å². The third kappa shape index (κ3) is 4.89. The maximum atomic E-state index is 11.7. The van der Waals surface area contributed by atoms with Gasteiger partial charge in [0.25, 0.3) is 0 Å². The van der Waals surface area contributed by atoms with Crippen molar-refractivity contribution in [1.29, 1.82) is 0 Å². The van der Waals surface area contributed by atoms with E-state index in [9.17, 15) is 9.59 Å². The molecule has 0 aromatic carbocycles. The van der Waals surface area contributed by atoms with Gasteiger partial charge in [-0.2, -0.15) is 0 Å². The van der Waals surface area contributed by atoms with Gasteiger partial charge < -0.3 is 25.4 Å². The molecule has 0 bridgehead atoms. The quantitative estimate of drug-likeness (QED) is 0.558. The number of urea groups is 1. The highest BCUT2D eigenvalue weighted by molar-refractivity contribution is 5.77. The van der Waals surface area contributed by atoms with Crippen LogP contribution in [0, 0.1) is 0 Å². The smallest absolute Gasteiger partial charge is 0.334 e. The number of carbonyl (C=O) groups excluding carboxylic acids is 1. The van der Waals surface area contributed by atoms with Crippen molar-refractivity contribution in [1.82, 2.24) is 15.5 Å². The molecule has 3 N–H and O–H groups in total. The van der Waals surface area contributed by atoms with Crippen LogP contribution in [0.2, 0.25) is 0 Å². The topological polar surface area (TPSA) is 90.9 Å². The predicted molar refractivity (Wildman–Crippen MR) is 65.5 cm³/mol. The standard InChI is InChI=1S/C11H21N3O4/c1-2-12-4-3-5-13-11(17)14-6-7-18-9(8-14)10(15)16/h9,12H,2-8H2,1H3,(H,13,17)(H,15,16). The van der Waals surface area contributed by atoms with Crippen LogP contribution in [-0.4, -0.2) is 67.4 Å². The maximum absolute atomic E-state index is 11.7. The van der Waals surface area contributed by atoms with Gasteiger partial charge in [0.1, 0.15) is 0 Å². The van der Waals surface area contributed by atoms with Crippen molar-refractivity contribution >= 4 is 12.0 Å². The van der Waals surface area contributed by atoms with Crippen LogP contribution in [0.1, 0.15) is 13.3 Å². The minimum absolute atomic E-state index is 0.106. The number of hydrogen-bond acceptors (Lipinski definition) is 4. The van der Waals surface area contributed by atoms with Crippen LogP contribution in [0.3, 0.4) is 0 Å². The molecule has 1 aliphatic rings. The average molecular weight is 259 g/mol. The van der Waals surface area contributed by atoms with Gasteiger partial charge in [0, 0.05) is 13.1 Å². The molecule has 7 heteroatoms. The van der Waals surface area contributed by atoms with Crippen LogP contribution in [0.5, 0.6) is 0 Å². The summed E-state index contributed by atoms with van der Waals surface area (Å²) in [7, 11) is 0. The first-order valence-electron chi connectivity index (χ1n) is 6.23. The lowest BCUT2D eigenvalue weighted by molar-refractivity contribution is -0.154. The predicted octanol–water partition coefficient (Wildman–Crippen LogP) is -0.519. The summed E-state index contributed by atoms with van der Waals surface area (Å²) in [6.45, 7) is 5.19. The monoisotopic (exact) mass is 259 g/mol. The highest BCUT2D eigenvalue weighted by Gasteiger charge is 2.28. The molecule has 1 unspecified atom stereocenters. The van der Waals surface area contributed by atoms with Crippen molar-refractivity contribution in [2.24, 2.45) is 0 Å². The normalized spacial score (nSPS) is 19.6. The minimum Gasteiger partial charge on any atom is -0.479 e. The van der Waals surface area contributed by atoms with E-state index in [4.69, 9.17) is 9.84 Å². The zero-order valence-electron chi connectivity index (χ0n) is 10.6. The van der Waals surface area contributed by atoms with Gasteiger partial charge in [0.15, 0.2) is 6.10 Å². The Hall–Kier alpha value is -1.34. The molecule has 1 saturated heterocycles. The number of morpholine rings is 1. The summed E-state index contributed by atoms with van der Waals surface area (Å²) < 4.78 is 5.05. The lowest BCUT2D eigenvalue weighted by Gasteiger charge is -2.30. The van der Waals surface area contributed by atoms with E-state index in [1.165, 1.54) is 4.90 Å². The molecule has 0 saturated carbocycles. The highest BCUT2D eigenvalue weighted by atomic mass is 16.5. The molecular formula is C11H21N3O4. The molecule has 0 radical (unpaired) electrons. The van der Waals surface area contributed by atoms with Crippen LogP contribution in [0.25, 0.3) is 0 Å². The first-order chi connectivity index (χ1) is 8.65. The Bertz CT molecular complexity index is 285. The van der Waals surface area contributed by atoms with Crippen molar-refractivity contribution in [3.05, 3.63) is 0 Å². The molecular weight excluding hydrogens is 238 g/mol. The average Bonchev–Trinajstić information content (AvgIpc) is 2.38. The van der Waals surface area contributed by atoms with Crippen molar-refractivity contribution in [2.45, 2.75) is 19.4 Å². The Kier molecular flexibility index (Phi) is 6.45. The Morgan fingerprint density at radius 3 is 2.89 bits per heavy atom. The lowest BCUT2D eigenvalue weighted by Crippen LogP contribution is -2.52. The summed E-state index contributed by atoms with van der Waals surface area (Å²) in [5.74, 6) is -1.03. The number of carboxylic acid groups (broad SMARTS) is 1. The largest absolute Gasteiger partial charge is 0.479 e. The Labute approximate surface area is 106 Å². The number of hydrogen-bond donors (Lipinski definition) is 3. The van der Waals surface area contributed by atoms with Gasteiger partial charge in [0.2, 0.25) is 0 Å².